The van der Waals surface area contributed by atoms with Crippen LogP contribution in [0.1, 0.15) is 25.8 Å². The van der Waals surface area contributed by atoms with Crippen LogP contribution < -0.4 is 10.1 Å². The van der Waals surface area contributed by atoms with E-state index in [1.807, 2.05) is 24.3 Å². The molecule has 0 aromatic heterocycles. The topological polar surface area (TPSA) is 55.4 Å². The summed E-state index contributed by atoms with van der Waals surface area (Å²) in [4.78, 5) is 0. The molecule has 1 aromatic carbocycles. The van der Waals surface area contributed by atoms with Gasteiger partial charge in [-0.05, 0) is 30.7 Å². The summed E-state index contributed by atoms with van der Waals surface area (Å²) >= 11 is 0. The number of rotatable bonds is 9. The van der Waals surface area contributed by atoms with Crippen LogP contribution >= 0.6 is 0 Å². The molecule has 0 saturated carbocycles. The van der Waals surface area contributed by atoms with Gasteiger partial charge in [-0.3, -0.25) is 0 Å². The van der Waals surface area contributed by atoms with E-state index in [9.17, 15) is 8.42 Å². The van der Waals surface area contributed by atoms with Crippen molar-refractivity contribution in [2.45, 2.75) is 26.8 Å². The van der Waals surface area contributed by atoms with E-state index in [0.29, 0.717) is 13.0 Å². The molecule has 0 aliphatic rings. The minimum Gasteiger partial charge on any atom is -0.494 e. The van der Waals surface area contributed by atoms with E-state index in [1.54, 1.807) is 6.92 Å². The van der Waals surface area contributed by atoms with Gasteiger partial charge < -0.3 is 10.1 Å². The van der Waals surface area contributed by atoms with Gasteiger partial charge in [0, 0.05) is 12.3 Å². The van der Waals surface area contributed by atoms with Crippen LogP contribution in [0, 0.1) is 0 Å². The summed E-state index contributed by atoms with van der Waals surface area (Å²) in [5.41, 5.74) is 1.21. The highest BCUT2D eigenvalue weighted by molar-refractivity contribution is 7.91. The Kier molecular flexibility index (Phi) is 6.87. The molecule has 1 N–H and O–H groups in total. The van der Waals surface area contributed by atoms with Crippen molar-refractivity contribution in [2.24, 2.45) is 0 Å². The highest BCUT2D eigenvalue weighted by Gasteiger charge is 2.06. The summed E-state index contributed by atoms with van der Waals surface area (Å²) in [6.45, 7) is 5.97. The molecule has 0 radical (unpaired) electrons. The molecule has 1 aromatic rings. The maximum atomic E-state index is 11.3. The lowest BCUT2D eigenvalue weighted by Gasteiger charge is -2.07. The summed E-state index contributed by atoms with van der Waals surface area (Å²) in [6, 6.07) is 7.86. The first kappa shape index (κ1) is 16.0. The van der Waals surface area contributed by atoms with Crippen molar-refractivity contribution < 1.29 is 13.2 Å². The third-order valence-corrected chi connectivity index (χ3v) is 4.60. The molecule has 0 amide bonds. The molecule has 5 heteroatoms. The molecule has 108 valence electrons. The van der Waals surface area contributed by atoms with E-state index in [-0.39, 0.29) is 11.5 Å². The zero-order valence-electron chi connectivity index (χ0n) is 11.7. The van der Waals surface area contributed by atoms with Crippen LogP contribution in [0.3, 0.4) is 0 Å². The first-order chi connectivity index (χ1) is 9.07. The van der Waals surface area contributed by atoms with Crippen molar-refractivity contribution in [1.82, 2.24) is 5.32 Å². The molecule has 0 atom stereocenters. The van der Waals surface area contributed by atoms with Crippen LogP contribution in [0.15, 0.2) is 24.3 Å². The Labute approximate surface area is 116 Å². The zero-order valence-corrected chi connectivity index (χ0v) is 12.5. The molecule has 0 bridgehead atoms. The Hall–Kier alpha value is -1.07. The number of hydrogen-bond donors (Lipinski definition) is 1. The second-order valence-corrected chi connectivity index (χ2v) is 6.84. The fourth-order valence-corrected chi connectivity index (χ4v) is 2.43. The third-order valence-electron chi connectivity index (χ3n) is 2.81. The second-order valence-electron chi connectivity index (χ2n) is 4.36. The van der Waals surface area contributed by atoms with Crippen LogP contribution in [0.2, 0.25) is 0 Å². The van der Waals surface area contributed by atoms with E-state index in [1.165, 1.54) is 5.56 Å². The van der Waals surface area contributed by atoms with Crippen molar-refractivity contribution in [1.29, 1.82) is 0 Å². The minimum absolute atomic E-state index is 0.196. The molecule has 0 spiro atoms. The number of ether oxygens (including phenoxy) is 1. The molecule has 0 aliphatic carbocycles. The van der Waals surface area contributed by atoms with Crippen LogP contribution in [-0.2, 0) is 16.4 Å². The quantitative estimate of drug-likeness (QED) is 0.705. The Morgan fingerprint density at radius 3 is 2.42 bits per heavy atom. The molecule has 0 aliphatic heterocycles. The predicted molar refractivity (Wildman–Crippen MR) is 78.3 cm³/mol. The number of benzene rings is 1. The molecule has 0 heterocycles. The largest absolute Gasteiger partial charge is 0.494 e. The minimum atomic E-state index is -2.88. The van der Waals surface area contributed by atoms with Gasteiger partial charge >= 0.3 is 0 Å². The molecule has 0 fully saturated rings. The fourth-order valence-electron chi connectivity index (χ4n) is 1.59. The van der Waals surface area contributed by atoms with E-state index >= 15 is 0 Å². The Balaban J connectivity index is 2.30. The van der Waals surface area contributed by atoms with Gasteiger partial charge in [0.1, 0.15) is 15.6 Å². The Morgan fingerprint density at radius 1 is 1.16 bits per heavy atom. The fraction of sp³-hybridized carbons (Fsp3) is 0.571. The van der Waals surface area contributed by atoms with Gasteiger partial charge in [0.25, 0.3) is 0 Å². The lowest BCUT2D eigenvalue weighted by Crippen LogP contribution is -2.12. The third kappa shape index (κ3) is 6.59. The van der Waals surface area contributed by atoms with Crippen molar-refractivity contribution in [3.8, 4) is 5.75 Å². The van der Waals surface area contributed by atoms with E-state index in [4.69, 9.17) is 4.74 Å². The van der Waals surface area contributed by atoms with Crippen LogP contribution in [0.4, 0.5) is 0 Å². The number of sulfone groups is 1. The van der Waals surface area contributed by atoms with Gasteiger partial charge in [0.05, 0.1) is 12.4 Å². The molecule has 4 nitrogen and oxygen atoms in total. The Morgan fingerprint density at radius 2 is 1.84 bits per heavy atom. The van der Waals surface area contributed by atoms with Crippen molar-refractivity contribution >= 4 is 9.84 Å². The van der Waals surface area contributed by atoms with Crippen LogP contribution in [-0.4, -0.2) is 33.1 Å². The zero-order chi connectivity index (χ0) is 14.1. The summed E-state index contributed by atoms with van der Waals surface area (Å²) < 4.78 is 28.1. The summed E-state index contributed by atoms with van der Waals surface area (Å²) in [7, 11) is -2.88. The summed E-state index contributed by atoms with van der Waals surface area (Å²) in [5, 5.41) is 3.25. The lowest BCUT2D eigenvalue weighted by atomic mass is 10.2. The first-order valence-electron chi connectivity index (χ1n) is 6.70. The lowest BCUT2D eigenvalue weighted by molar-refractivity contribution is 0.317. The van der Waals surface area contributed by atoms with Gasteiger partial charge in [-0.25, -0.2) is 8.42 Å². The van der Waals surface area contributed by atoms with Gasteiger partial charge in [0.2, 0.25) is 0 Å². The SMILES string of the molecule is CCNCc1ccc(OCCCS(=O)(=O)CC)cc1. The molecule has 0 unspecified atom stereocenters. The summed E-state index contributed by atoms with van der Waals surface area (Å²) in [5.74, 6) is 1.18. The van der Waals surface area contributed by atoms with Gasteiger partial charge in [-0.2, -0.15) is 0 Å². The highest BCUT2D eigenvalue weighted by Crippen LogP contribution is 2.12. The molecular weight excluding hydrogens is 262 g/mol. The molecule has 19 heavy (non-hydrogen) atoms. The maximum Gasteiger partial charge on any atom is 0.150 e. The molecule has 0 saturated heterocycles. The Bertz CT molecular complexity index is 454. The average molecular weight is 285 g/mol. The maximum absolute atomic E-state index is 11.3. The van der Waals surface area contributed by atoms with E-state index in [2.05, 4.69) is 12.2 Å². The van der Waals surface area contributed by atoms with Gasteiger partial charge in [-0.15, -0.1) is 0 Å². The van der Waals surface area contributed by atoms with Crippen molar-refractivity contribution in [3.05, 3.63) is 29.8 Å². The van der Waals surface area contributed by atoms with Gasteiger partial charge in [-0.1, -0.05) is 26.0 Å². The van der Waals surface area contributed by atoms with E-state index in [0.717, 1.165) is 18.8 Å². The van der Waals surface area contributed by atoms with Crippen molar-refractivity contribution in [2.75, 3.05) is 24.7 Å². The highest BCUT2D eigenvalue weighted by atomic mass is 32.2. The van der Waals surface area contributed by atoms with Gasteiger partial charge in [0.15, 0.2) is 0 Å². The summed E-state index contributed by atoms with van der Waals surface area (Å²) in [6.07, 6.45) is 0.537. The van der Waals surface area contributed by atoms with Crippen LogP contribution in [0.25, 0.3) is 0 Å². The van der Waals surface area contributed by atoms with Crippen molar-refractivity contribution in [3.63, 3.8) is 0 Å². The standard InChI is InChI=1S/C14H23NO3S/c1-3-15-12-13-6-8-14(9-7-13)18-10-5-11-19(16,17)4-2/h6-9,15H,3-5,10-12H2,1-2H3. The first-order valence-corrected chi connectivity index (χ1v) is 8.52. The van der Waals surface area contributed by atoms with E-state index < -0.39 is 9.84 Å². The number of hydrogen-bond acceptors (Lipinski definition) is 4. The number of nitrogens with one attached hydrogen (secondary N) is 1. The predicted octanol–water partition coefficient (Wildman–Crippen LogP) is 2.00. The normalized spacial score (nSPS) is 11.5. The molecular formula is C14H23NO3S. The molecule has 1 rings (SSSR count). The monoisotopic (exact) mass is 285 g/mol. The van der Waals surface area contributed by atoms with Crippen LogP contribution in [0.5, 0.6) is 5.75 Å². The second kappa shape index (κ2) is 8.17. The average Bonchev–Trinajstić information content (AvgIpc) is 2.42. The smallest absolute Gasteiger partial charge is 0.150 e.